The first-order valence-electron chi connectivity index (χ1n) is 10.1. The molecule has 0 spiro atoms. The Bertz CT molecular complexity index is 1460. The third-order valence-electron chi connectivity index (χ3n) is 5.41. The van der Waals surface area contributed by atoms with E-state index in [4.69, 9.17) is 21.3 Å². The van der Waals surface area contributed by atoms with E-state index >= 15 is 0 Å². The summed E-state index contributed by atoms with van der Waals surface area (Å²) in [5.74, 6) is -1.08. The highest BCUT2D eigenvalue weighted by Crippen LogP contribution is 2.31. The number of benzene rings is 4. The Balaban J connectivity index is 1.59. The maximum absolute atomic E-state index is 14.1. The van der Waals surface area contributed by atoms with Crippen molar-refractivity contribution >= 4 is 39.2 Å². The van der Waals surface area contributed by atoms with Crippen LogP contribution in [-0.2, 0) is 11.3 Å². The van der Waals surface area contributed by atoms with Crippen LogP contribution in [0.1, 0.15) is 15.9 Å². The van der Waals surface area contributed by atoms with Gasteiger partial charge in [-0.25, -0.2) is 14.2 Å². The summed E-state index contributed by atoms with van der Waals surface area (Å²) >= 11 is 6.07. The van der Waals surface area contributed by atoms with Crippen molar-refractivity contribution in [2.45, 2.75) is 6.61 Å². The maximum Gasteiger partial charge on any atom is 0.339 e. The van der Waals surface area contributed by atoms with Gasteiger partial charge in [-0.15, -0.1) is 0 Å². The number of halogens is 2. The van der Waals surface area contributed by atoms with Gasteiger partial charge >= 0.3 is 5.97 Å². The van der Waals surface area contributed by atoms with Crippen LogP contribution in [0.2, 0.25) is 5.02 Å². The SMILES string of the molecule is O=C(OCc1c(F)cccc1Cl)c1cc(-c2cccc3ccccc23)nc2ccccc12. The van der Waals surface area contributed by atoms with Gasteiger partial charge in [0.1, 0.15) is 12.4 Å². The summed E-state index contributed by atoms with van der Waals surface area (Å²) in [6, 6.07) is 27.5. The zero-order chi connectivity index (χ0) is 22.1. The fraction of sp³-hybridized carbons (Fsp3) is 0.0370. The molecule has 0 aliphatic heterocycles. The number of rotatable bonds is 4. The van der Waals surface area contributed by atoms with Crippen LogP contribution in [0.25, 0.3) is 32.9 Å². The van der Waals surface area contributed by atoms with E-state index in [2.05, 4.69) is 0 Å². The number of carbonyl (C=O) groups is 1. The molecule has 0 fully saturated rings. The smallest absolute Gasteiger partial charge is 0.339 e. The van der Waals surface area contributed by atoms with Gasteiger partial charge in [0, 0.05) is 16.5 Å². The number of hydrogen-bond acceptors (Lipinski definition) is 3. The number of para-hydroxylation sites is 1. The molecule has 5 heteroatoms. The number of fused-ring (bicyclic) bond motifs is 2. The van der Waals surface area contributed by atoms with Gasteiger partial charge in [-0.05, 0) is 35.0 Å². The molecule has 3 nitrogen and oxygen atoms in total. The van der Waals surface area contributed by atoms with Crippen LogP contribution in [0.4, 0.5) is 4.39 Å². The maximum atomic E-state index is 14.1. The summed E-state index contributed by atoms with van der Waals surface area (Å²) < 4.78 is 19.6. The molecule has 0 bridgehead atoms. The minimum atomic E-state index is -0.565. The molecular weight excluding hydrogens is 425 g/mol. The van der Waals surface area contributed by atoms with E-state index in [1.165, 1.54) is 12.1 Å². The minimum absolute atomic E-state index is 0.148. The number of pyridine rings is 1. The monoisotopic (exact) mass is 441 g/mol. The van der Waals surface area contributed by atoms with Crippen molar-refractivity contribution in [2.24, 2.45) is 0 Å². The Morgan fingerprint density at radius 1 is 0.875 bits per heavy atom. The molecular formula is C27H17ClFNO2. The highest BCUT2D eigenvalue weighted by Gasteiger charge is 2.18. The zero-order valence-electron chi connectivity index (χ0n) is 16.9. The van der Waals surface area contributed by atoms with Crippen LogP contribution in [0.3, 0.4) is 0 Å². The number of carbonyl (C=O) groups excluding carboxylic acids is 1. The second-order valence-electron chi connectivity index (χ2n) is 7.38. The van der Waals surface area contributed by atoms with E-state index < -0.39 is 11.8 Å². The molecule has 0 atom stereocenters. The molecule has 0 saturated heterocycles. The molecule has 5 aromatic rings. The minimum Gasteiger partial charge on any atom is -0.457 e. The predicted octanol–water partition coefficient (Wildman–Crippen LogP) is 7.20. The van der Waals surface area contributed by atoms with Gasteiger partial charge < -0.3 is 4.74 Å². The Labute approximate surface area is 189 Å². The van der Waals surface area contributed by atoms with E-state index in [9.17, 15) is 9.18 Å². The number of hydrogen-bond donors (Lipinski definition) is 0. The highest BCUT2D eigenvalue weighted by atomic mass is 35.5. The van der Waals surface area contributed by atoms with Crippen molar-refractivity contribution < 1.29 is 13.9 Å². The van der Waals surface area contributed by atoms with Crippen molar-refractivity contribution in [3.05, 3.63) is 113 Å². The van der Waals surface area contributed by atoms with Crippen molar-refractivity contribution in [3.8, 4) is 11.3 Å². The number of ether oxygens (including phenoxy) is 1. The Morgan fingerprint density at radius 2 is 1.59 bits per heavy atom. The summed E-state index contributed by atoms with van der Waals surface area (Å²) in [4.78, 5) is 17.9. The van der Waals surface area contributed by atoms with E-state index in [-0.39, 0.29) is 17.2 Å². The van der Waals surface area contributed by atoms with Gasteiger partial charge in [-0.3, -0.25) is 0 Å². The van der Waals surface area contributed by atoms with Crippen LogP contribution in [0, 0.1) is 5.82 Å². The predicted molar refractivity (Wildman–Crippen MR) is 125 cm³/mol. The standard InChI is InChI=1S/C27H17ClFNO2/c28-23-12-6-13-24(29)22(23)16-32-27(31)21-15-26(30-25-14-4-3-10-20(21)25)19-11-5-8-17-7-1-2-9-18(17)19/h1-15H,16H2. The number of nitrogens with zero attached hydrogens (tertiary/aromatic N) is 1. The molecule has 0 aliphatic carbocycles. The highest BCUT2D eigenvalue weighted by molar-refractivity contribution is 6.31. The van der Waals surface area contributed by atoms with Crippen LogP contribution >= 0.6 is 11.6 Å². The lowest BCUT2D eigenvalue weighted by atomic mass is 9.99. The normalized spacial score (nSPS) is 11.1. The largest absolute Gasteiger partial charge is 0.457 e. The average molecular weight is 442 g/mol. The third-order valence-corrected chi connectivity index (χ3v) is 5.77. The molecule has 1 heterocycles. The van der Waals surface area contributed by atoms with E-state index in [1.807, 2.05) is 66.7 Å². The van der Waals surface area contributed by atoms with E-state index in [1.54, 1.807) is 12.1 Å². The van der Waals surface area contributed by atoms with Crippen molar-refractivity contribution in [2.75, 3.05) is 0 Å². The third kappa shape index (κ3) is 3.70. The van der Waals surface area contributed by atoms with Crippen LogP contribution in [0.5, 0.6) is 0 Å². The van der Waals surface area contributed by atoms with Crippen LogP contribution in [0.15, 0.2) is 91.0 Å². The lowest BCUT2D eigenvalue weighted by Crippen LogP contribution is -2.08. The van der Waals surface area contributed by atoms with Gasteiger partial charge in [0.15, 0.2) is 0 Å². The molecule has 5 rings (SSSR count). The summed E-state index contributed by atoms with van der Waals surface area (Å²) in [5.41, 5.74) is 2.77. The molecule has 156 valence electrons. The second-order valence-corrected chi connectivity index (χ2v) is 7.78. The summed E-state index contributed by atoms with van der Waals surface area (Å²) in [5, 5.41) is 3.00. The average Bonchev–Trinajstić information content (AvgIpc) is 2.82. The first kappa shape index (κ1) is 20.2. The summed E-state index contributed by atoms with van der Waals surface area (Å²) in [6.07, 6.45) is 0. The summed E-state index contributed by atoms with van der Waals surface area (Å²) in [6.45, 7) is -0.259. The molecule has 0 saturated carbocycles. The lowest BCUT2D eigenvalue weighted by molar-refractivity contribution is 0.0471. The topological polar surface area (TPSA) is 39.2 Å². The lowest BCUT2D eigenvalue weighted by Gasteiger charge is -2.12. The Morgan fingerprint density at radius 3 is 2.44 bits per heavy atom. The van der Waals surface area contributed by atoms with Gasteiger partial charge in [-0.2, -0.15) is 0 Å². The molecule has 1 aromatic heterocycles. The van der Waals surface area contributed by atoms with Gasteiger partial charge in [-0.1, -0.05) is 78.3 Å². The Hall–Kier alpha value is -3.76. The fourth-order valence-corrected chi connectivity index (χ4v) is 4.03. The molecule has 0 N–H and O–H groups in total. The fourth-order valence-electron chi connectivity index (χ4n) is 3.82. The molecule has 0 amide bonds. The first-order valence-corrected chi connectivity index (χ1v) is 10.5. The molecule has 32 heavy (non-hydrogen) atoms. The Kier molecular flexibility index (Phi) is 5.29. The van der Waals surface area contributed by atoms with Gasteiger partial charge in [0.05, 0.1) is 21.8 Å². The van der Waals surface area contributed by atoms with Crippen LogP contribution < -0.4 is 0 Å². The molecule has 4 aromatic carbocycles. The van der Waals surface area contributed by atoms with Crippen molar-refractivity contribution in [1.29, 1.82) is 0 Å². The zero-order valence-corrected chi connectivity index (χ0v) is 17.6. The van der Waals surface area contributed by atoms with Crippen molar-refractivity contribution in [1.82, 2.24) is 4.98 Å². The van der Waals surface area contributed by atoms with Crippen molar-refractivity contribution in [3.63, 3.8) is 0 Å². The second kappa shape index (κ2) is 8.40. The van der Waals surface area contributed by atoms with E-state index in [0.29, 0.717) is 22.2 Å². The summed E-state index contributed by atoms with van der Waals surface area (Å²) in [7, 11) is 0. The number of esters is 1. The first-order chi connectivity index (χ1) is 15.6. The van der Waals surface area contributed by atoms with E-state index in [0.717, 1.165) is 16.3 Å². The molecule has 0 unspecified atom stereocenters. The van der Waals surface area contributed by atoms with Crippen LogP contribution in [-0.4, -0.2) is 11.0 Å². The van der Waals surface area contributed by atoms with Gasteiger partial charge in [0.25, 0.3) is 0 Å². The quantitative estimate of drug-likeness (QED) is 0.277. The molecule has 0 radical (unpaired) electrons. The number of aromatic nitrogens is 1. The molecule has 0 aliphatic rings. The van der Waals surface area contributed by atoms with Gasteiger partial charge in [0.2, 0.25) is 0 Å².